The Morgan fingerprint density at radius 1 is 1.38 bits per heavy atom. The summed E-state index contributed by atoms with van der Waals surface area (Å²) < 4.78 is 35.8. The molecule has 2 heterocycles. The van der Waals surface area contributed by atoms with Crippen LogP contribution in [0.1, 0.15) is 0 Å². The number of hydrogen-bond acceptors (Lipinski definition) is 5. The number of carbonyl (C=O) groups is 1. The van der Waals surface area contributed by atoms with E-state index in [-0.39, 0.29) is 28.8 Å². The number of ether oxygens (including phenoxy) is 2. The van der Waals surface area contributed by atoms with E-state index in [1.54, 1.807) is 11.6 Å². The summed E-state index contributed by atoms with van der Waals surface area (Å²) >= 11 is 1.20. The van der Waals surface area contributed by atoms with Crippen molar-refractivity contribution in [1.82, 2.24) is 4.57 Å². The van der Waals surface area contributed by atoms with Gasteiger partial charge in [0, 0.05) is 23.3 Å². The van der Waals surface area contributed by atoms with Crippen molar-refractivity contribution in [3.8, 4) is 11.5 Å². The zero-order valence-electron chi connectivity index (χ0n) is 10.4. The van der Waals surface area contributed by atoms with Crippen LogP contribution in [0, 0.1) is 5.41 Å². The molecule has 110 valence electrons. The Kier molecular flexibility index (Phi) is 3.13. The molecule has 0 radical (unpaired) electrons. The fourth-order valence-electron chi connectivity index (χ4n) is 1.81. The Hall–Kier alpha value is -2.42. The van der Waals surface area contributed by atoms with Gasteiger partial charge in [-0.1, -0.05) is 0 Å². The third-order valence-electron chi connectivity index (χ3n) is 2.68. The maximum absolute atomic E-state index is 12.9. The molecule has 0 aliphatic carbocycles. The number of nitrogens with zero attached hydrogens (tertiary/aromatic N) is 1. The van der Waals surface area contributed by atoms with Crippen LogP contribution in [0.5, 0.6) is 11.5 Å². The molecule has 6 nitrogen and oxygen atoms in total. The van der Waals surface area contributed by atoms with E-state index in [1.807, 2.05) is 0 Å². The minimum absolute atomic E-state index is 0.0348. The molecule has 1 aromatic carbocycles. The van der Waals surface area contributed by atoms with Gasteiger partial charge in [-0.05, 0) is 12.1 Å². The molecule has 2 N–H and O–H groups in total. The van der Waals surface area contributed by atoms with Gasteiger partial charge < -0.3 is 19.4 Å². The van der Waals surface area contributed by atoms with Crippen molar-refractivity contribution in [2.24, 2.45) is 0 Å². The standard InChI is InChI=1S/C12H9F2N3O3S/c13-12(14)19-8-2-1-7(5-9(8)20-12)16-10(18)6-17-3-4-21-11(17)15/h1-5,15H,6H2,(H,16,18). The van der Waals surface area contributed by atoms with Crippen molar-refractivity contribution in [3.05, 3.63) is 34.6 Å². The van der Waals surface area contributed by atoms with Crippen LogP contribution in [-0.4, -0.2) is 16.8 Å². The largest absolute Gasteiger partial charge is 0.586 e. The zero-order valence-corrected chi connectivity index (χ0v) is 11.2. The van der Waals surface area contributed by atoms with Gasteiger partial charge in [0.15, 0.2) is 16.3 Å². The summed E-state index contributed by atoms with van der Waals surface area (Å²) in [4.78, 5) is 12.1. The average molecular weight is 313 g/mol. The van der Waals surface area contributed by atoms with Gasteiger partial charge in [-0.15, -0.1) is 20.1 Å². The van der Waals surface area contributed by atoms with Crippen LogP contribution in [0.4, 0.5) is 14.5 Å². The van der Waals surface area contributed by atoms with E-state index in [2.05, 4.69) is 14.8 Å². The highest BCUT2D eigenvalue weighted by molar-refractivity contribution is 7.06. The third-order valence-corrected chi connectivity index (χ3v) is 3.40. The molecule has 0 spiro atoms. The number of fused-ring (bicyclic) bond motifs is 1. The number of benzene rings is 1. The van der Waals surface area contributed by atoms with E-state index < -0.39 is 6.29 Å². The molecule has 0 atom stereocenters. The minimum Gasteiger partial charge on any atom is -0.395 e. The summed E-state index contributed by atoms with van der Waals surface area (Å²) in [5.41, 5.74) is 0.308. The fourth-order valence-corrected chi connectivity index (χ4v) is 2.41. The lowest BCUT2D eigenvalue weighted by atomic mass is 10.3. The van der Waals surface area contributed by atoms with Crippen molar-refractivity contribution in [1.29, 1.82) is 5.41 Å². The van der Waals surface area contributed by atoms with Crippen molar-refractivity contribution in [3.63, 3.8) is 0 Å². The molecule has 1 aromatic heterocycles. The molecule has 9 heteroatoms. The maximum atomic E-state index is 12.9. The van der Waals surface area contributed by atoms with Gasteiger partial charge in [0.05, 0.1) is 0 Å². The summed E-state index contributed by atoms with van der Waals surface area (Å²) in [7, 11) is 0. The van der Waals surface area contributed by atoms with Crippen LogP contribution >= 0.6 is 11.3 Å². The normalized spacial score (nSPS) is 15.0. The van der Waals surface area contributed by atoms with Crippen LogP contribution in [-0.2, 0) is 11.3 Å². The number of alkyl halides is 2. The quantitative estimate of drug-likeness (QED) is 0.910. The molecule has 1 aliphatic heterocycles. The molecule has 0 saturated carbocycles. The molecule has 0 unspecified atom stereocenters. The second-order valence-electron chi connectivity index (χ2n) is 4.21. The van der Waals surface area contributed by atoms with E-state index in [0.29, 0.717) is 5.69 Å². The van der Waals surface area contributed by atoms with Crippen LogP contribution in [0.25, 0.3) is 0 Å². The topological polar surface area (TPSA) is 76.3 Å². The van der Waals surface area contributed by atoms with E-state index in [0.717, 1.165) is 0 Å². The first kappa shape index (κ1) is 13.6. The molecule has 3 rings (SSSR count). The smallest absolute Gasteiger partial charge is 0.395 e. The first-order chi connectivity index (χ1) is 9.93. The van der Waals surface area contributed by atoms with Gasteiger partial charge in [-0.25, -0.2) is 0 Å². The van der Waals surface area contributed by atoms with Crippen molar-refractivity contribution in [2.75, 3.05) is 5.32 Å². The van der Waals surface area contributed by atoms with Crippen LogP contribution in [0.3, 0.4) is 0 Å². The molecule has 1 aliphatic rings. The summed E-state index contributed by atoms with van der Waals surface area (Å²) in [6.07, 6.45) is -2.07. The van der Waals surface area contributed by atoms with Crippen LogP contribution < -0.4 is 19.6 Å². The maximum Gasteiger partial charge on any atom is 0.586 e. The summed E-state index contributed by atoms with van der Waals surface area (Å²) in [6.45, 7) is -0.0348. The van der Waals surface area contributed by atoms with Gasteiger partial charge >= 0.3 is 6.29 Å². The van der Waals surface area contributed by atoms with Crippen LogP contribution in [0.15, 0.2) is 29.8 Å². The first-order valence-electron chi connectivity index (χ1n) is 5.81. The monoisotopic (exact) mass is 313 g/mol. The molecule has 21 heavy (non-hydrogen) atoms. The number of nitrogens with one attached hydrogen (secondary N) is 2. The minimum atomic E-state index is -3.68. The SMILES string of the molecule is N=c1sccn1CC(=O)Nc1ccc2c(c1)OC(F)(F)O2. The van der Waals surface area contributed by atoms with Gasteiger partial charge in [-0.2, -0.15) is 0 Å². The van der Waals surface area contributed by atoms with Gasteiger partial charge in [-0.3, -0.25) is 10.2 Å². The van der Waals surface area contributed by atoms with Crippen molar-refractivity contribution >= 4 is 22.9 Å². The lowest BCUT2D eigenvalue weighted by Crippen LogP contribution is -2.26. The predicted octanol–water partition coefficient (Wildman–Crippen LogP) is 1.99. The number of halogens is 2. The number of amides is 1. The summed E-state index contributed by atoms with van der Waals surface area (Å²) in [6, 6.07) is 3.98. The zero-order chi connectivity index (χ0) is 15.0. The van der Waals surface area contributed by atoms with Crippen molar-refractivity contribution in [2.45, 2.75) is 12.8 Å². The molecule has 0 saturated heterocycles. The third kappa shape index (κ3) is 2.87. The highest BCUT2D eigenvalue weighted by Gasteiger charge is 2.43. The van der Waals surface area contributed by atoms with Crippen molar-refractivity contribution < 1.29 is 23.0 Å². The molecular weight excluding hydrogens is 304 g/mol. The highest BCUT2D eigenvalue weighted by atomic mass is 32.1. The Labute approximate surface area is 121 Å². The summed E-state index contributed by atoms with van der Waals surface area (Å²) in [5, 5.41) is 11.8. The number of anilines is 1. The predicted molar refractivity (Wildman–Crippen MR) is 69.4 cm³/mol. The Morgan fingerprint density at radius 2 is 2.14 bits per heavy atom. The van der Waals surface area contributed by atoms with Gasteiger partial charge in [0.25, 0.3) is 0 Å². The fraction of sp³-hybridized carbons (Fsp3) is 0.167. The lowest BCUT2D eigenvalue weighted by molar-refractivity contribution is -0.286. The Bertz CT molecular complexity index is 756. The van der Waals surface area contributed by atoms with E-state index in [4.69, 9.17) is 5.41 Å². The highest BCUT2D eigenvalue weighted by Crippen LogP contribution is 2.42. The number of aromatic nitrogens is 1. The molecular formula is C12H9F2N3O3S. The number of hydrogen-bond donors (Lipinski definition) is 2. The van der Waals surface area contributed by atoms with Gasteiger partial charge in [0.2, 0.25) is 5.91 Å². The van der Waals surface area contributed by atoms with E-state index in [1.165, 1.54) is 34.1 Å². The molecule has 2 aromatic rings. The Balaban J connectivity index is 1.71. The second kappa shape index (κ2) is 4.85. The molecule has 0 bridgehead atoms. The summed E-state index contributed by atoms with van der Waals surface area (Å²) in [5.74, 6) is -0.599. The first-order valence-corrected chi connectivity index (χ1v) is 6.69. The number of rotatable bonds is 3. The lowest BCUT2D eigenvalue weighted by Gasteiger charge is -2.06. The number of thiazole rings is 1. The second-order valence-corrected chi connectivity index (χ2v) is 5.11. The molecule has 0 fully saturated rings. The number of carbonyl (C=O) groups excluding carboxylic acids is 1. The van der Waals surface area contributed by atoms with Crippen LogP contribution in [0.2, 0.25) is 0 Å². The van der Waals surface area contributed by atoms with E-state index >= 15 is 0 Å². The average Bonchev–Trinajstić information content (AvgIpc) is 2.91. The van der Waals surface area contributed by atoms with Gasteiger partial charge in [0.1, 0.15) is 6.54 Å². The Morgan fingerprint density at radius 3 is 2.86 bits per heavy atom. The van der Waals surface area contributed by atoms with E-state index in [9.17, 15) is 13.6 Å². The molecule has 1 amide bonds.